The number of rotatable bonds is 0. The Morgan fingerprint density at radius 2 is 2.06 bits per heavy atom. The molecule has 1 aliphatic heterocycles. The molecule has 4 nitrogen and oxygen atoms in total. The lowest BCUT2D eigenvalue weighted by atomic mass is 9.88. The fourth-order valence-corrected chi connectivity index (χ4v) is 2.83. The van der Waals surface area contributed by atoms with Gasteiger partial charge in [0.05, 0.1) is 5.69 Å². The third-order valence-corrected chi connectivity index (χ3v) is 3.60. The minimum absolute atomic E-state index is 0.145. The molecule has 88 valence electrons. The summed E-state index contributed by atoms with van der Waals surface area (Å²) >= 11 is 0. The molecule has 1 amide bonds. The zero-order valence-electron chi connectivity index (χ0n) is 9.40. The molecule has 0 fully saturated rings. The summed E-state index contributed by atoms with van der Waals surface area (Å²) in [5.41, 5.74) is 3.51. The molecule has 4 heteroatoms. The van der Waals surface area contributed by atoms with Crippen molar-refractivity contribution < 1.29 is 14.7 Å². The smallest absolute Gasteiger partial charge is 0.411 e. The molecular weight excluding hydrogens is 218 g/mol. The minimum Gasteiger partial charge on any atom is -0.465 e. The SMILES string of the molecule is O=C1CCCc2c1ccc1c2N(C(=O)O)CC1. The molecule has 1 aromatic carbocycles. The molecule has 1 aromatic rings. The van der Waals surface area contributed by atoms with E-state index in [0.717, 1.165) is 41.6 Å². The summed E-state index contributed by atoms with van der Waals surface area (Å²) in [5, 5.41) is 9.17. The highest BCUT2D eigenvalue weighted by Crippen LogP contribution is 2.37. The van der Waals surface area contributed by atoms with Gasteiger partial charge in [-0.15, -0.1) is 0 Å². The van der Waals surface area contributed by atoms with Gasteiger partial charge in [-0.05, 0) is 30.4 Å². The highest BCUT2D eigenvalue weighted by molar-refractivity contribution is 6.02. The third kappa shape index (κ3) is 1.44. The molecule has 2 aliphatic rings. The van der Waals surface area contributed by atoms with E-state index >= 15 is 0 Å². The van der Waals surface area contributed by atoms with Crippen LogP contribution in [0.3, 0.4) is 0 Å². The van der Waals surface area contributed by atoms with Gasteiger partial charge < -0.3 is 5.11 Å². The highest BCUT2D eigenvalue weighted by atomic mass is 16.4. The van der Waals surface area contributed by atoms with Gasteiger partial charge in [0, 0.05) is 18.5 Å². The maximum Gasteiger partial charge on any atom is 0.411 e. The summed E-state index contributed by atoms with van der Waals surface area (Å²) in [4.78, 5) is 24.4. The standard InChI is InChI=1S/C13H13NO3/c15-11-3-1-2-10-9(11)5-4-8-6-7-14(12(8)10)13(16)17/h4-5H,1-3,6-7H2,(H,16,17). The molecule has 0 aromatic heterocycles. The number of nitrogens with zero attached hydrogens (tertiary/aromatic N) is 1. The van der Waals surface area contributed by atoms with Crippen molar-refractivity contribution in [3.63, 3.8) is 0 Å². The number of Topliss-reactive ketones (excluding diaryl/α,β-unsaturated/α-hetero) is 1. The van der Waals surface area contributed by atoms with E-state index < -0.39 is 6.09 Å². The largest absolute Gasteiger partial charge is 0.465 e. The molecule has 0 saturated heterocycles. The normalized spacial score (nSPS) is 17.9. The van der Waals surface area contributed by atoms with Gasteiger partial charge >= 0.3 is 6.09 Å². The topological polar surface area (TPSA) is 57.6 Å². The predicted octanol–water partition coefficient (Wildman–Crippen LogP) is 2.25. The maximum atomic E-state index is 11.8. The predicted molar refractivity (Wildman–Crippen MR) is 62.8 cm³/mol. The summed E-state index contributed by atoms with van der Waals surface area (Å²) in [5.74, 6) is 0.145. The average molecular weight is 231 g/mol. The van der Waals surface area contributed by atoms with E-state index in [1.54, 1.807) is 0 Å². The Labute approximate surface area is 98.9 Å². The van der Waals surface area contributed by atoms with E-state index in [2.05, 4.69) is 0 Å². The minimum atomic E-state index is -0.921. The van der Waals surface area contributed by atoms with Crippen LogP contribution < -0.4 is 4.90 Å². The molecule has 0 bridgehead atoms. The summed E-state index contributed by atoms with van der Waals surface area (Å²) in [7, 11) is 0. The number of fused-ring (bicyclic) bond motifs is 3. The number of carbonyl (C=O) groups is 2. The van der Waals surface area contributed by atoms with Gasteiger partial charge in [0.1, 0.15) is 0 Å². The van der Waals surface area contributed by atoms with Gasteiger partial charge in [-0.25, -0.2) is 4.79 Å². The second-order valence-corrected chi connectivity index (χ2v) is 4.56. The molecule has 1 aliphatic carbocycles. The van der Waals surface area contributed by atoms with E-state index in [1.807, 2.05) is 12.1 Å². The summed E-state index contributed by atoms with van der Waals surface area (Å²) in [6, 6.07) is 3.77. The lowest BCUT2D eigenvalue weighted by molar-refractivity contribution is 0.0972. The Balaban J connectivity index is 2.19. The third-order valence-electron chi connectivity index (χ3n) is 3.60. The summed E-state index contributed by atoms with van der Waals surface area (Å²) < 4.78 is 0. The number of benzene rings is 1. The van der Waals surface area contributed by atoms with Crippen LogP contribution in [-0.2, 0) is 12.8 Å². The number of ketones is 1. The number of carbonyl (C=O) groups excluding carboxylic acids is 1. The van der Waals surface area contributed by atoms with Crippen LogP contribution >= 0.6 is 0 Å². The van der Waals surface area contributed by atoms with Crippen molar-refractivity contribution in [1.29, 1.82) is 0 Å². The number of amides is 1. The quantitative estimate of drug-likeness (QED) is 0.745. The molecule has 1 heterocycles. The number of hydrogen-bond donors (Lipinski definition) is 1. The van der Waals surface area contributed by atoms with E-state index in [0.29, 0.717) is 13.0 Å². The van der Waals surface area contributed by atoms with Crippen LogP contribution in [0.4, 0.5) is 10.5 Å². The number of carboxylic acid groups (broad SMARTS) is 1. The van der Waals surface area contributed by atoms with Gasteiger partial charge in [-0.3, -0.25) is 9.69 Å². The van der Waals surface area contributed by atoms with Crippen molar-refractivity contribution in [3.05, 3.63) is 28.8 Å². The van der Waals surface area contributed by atoms with E-state index in [4.69, 9.17) is 5.11 Å². The fourth-order valence-electron chi connectivity index (χ4n) is 2.83. The summed E-state index contributed by atoms with van der Waals surface area (Å²) in [6.07, 6.45) is 2.06. The second-order valence-electron chi connectivity index (χ2n) is 4.56. The van der Waals surface area contributed by atoms with Crippen LogP contribution in [0.5, 0.6) is 0 Å². The van der Waals surface area contributed by atoms with Crippen LogP contribution in [0.15, 0.2) is 12.1 Å². The van der Waals surface area contributed by atoms with Gasteiger partial charge in [0.25, 0.3) is 0 Å². The molecule has 3 rings (SSSR count). The Morgan fingerprint density at radius 1 is 1.24 bits per heavy atom. The molecule has 1 N–H and O–H groups in total. The highest BCUT2D eigenvalue weighted by Gasteiger charge is 2.31. The van der Waals surface area contributed by atoms with E-state index in [1.165, 1.54) is 4.90 Å². The lowest BCUT2D eigenvalue weighted by Gasteiger charge is -2.22. The molecule has 0 atom stereocenters. The van der Waals surface area contributed by atoms with E-state index in [9.17, 15) is 9.59 Å². The van der Waals surface area contributed by atoms with Gasteiger partial charge in [-0.1, -0.05) is 12.1 Å². The molecule has 0 unspecified atom stereocenters. The van der Waals surface area contributed by atoms with Crippen molar-refractivity contribution in [1.82, 2.24) is 0 Å². The number of anilines is 1. The van der Waals surface area contributed by atoms with Crippen molar-refractivity contribution in [2.45, 2.75) is 25.7 Å². The van der Waals surface area contributed by atoms with E-state index in [-0.39, 0.29) is 5.78 Å². The monoisotopic (exact) mass is 231 g/mol. The first-order valence-corrected chi connectivity index (χ1v) is 5.87. The van der Waals surface area contributed by atoms with Crippen LogP contribution in [0.1, 0.15) is 34.3 Å². The molecule has 0 spiro atoms. The average Bonchev–Trinajstić information content (AvgIpc) is 2.73. The Bertz CT molecular complexity index is 522. The van der Waals surface area contributed by atoms with Gasteiger partial charge in [0.2, 0.25) is 0 Å². The molecular formula is C13H13NO3. The van der Waals surface area contributed by atoms with Gasteiger partial charge in [-0.2, -0.15) is 0 Å². The number of hydrogen-bond acceptors (Lipinski definition) is 2. The maximum absolute atomic E-state index is 11.8. The van der Waals surface area contributed by atoms with Crippen molar-refractivity contribution in [2.75, 3.05) is 11.4 Å². The first kappa shape index (κ1) is 10.3. The van der Waals surface area contributed by atoms with Crippen molar-refractivity contribution in [2.24, 2.45) is 0 Å². The Kier molecular flexibility index (Phi) is 2.18. The first-order chi connectivity index (χ1) is 8.18. The molecule has 0 saturated carbocycles. The van der Waals surface area contributed by atoms with Crippen molar-refractivity contribution >= 4 is 17.6 Å². The van der Waals surface area contributed by atoms with Gasteiger partial charge in [0.15, 0.2) is 5.78 Å². The lowest BCUT2D eigenvalue weighted by Crippen LogP contribution is -2.28. The van der Waals surface area contributed by atoms with Crippen molar-refractivity contribution in [3.8, 4) is 0 Å². The first-order valence-electron chi connectivity index (χ1n) is 5.87. The zero-order valence-corrected chi connectivity index (χ0v) is 9.40. The Morgan fingerprint density at radius 3 is 2.82 bits per heavy atom. The van der Waals surface area contributed by atoms with Crippen LogP contribution in [0.25, 0.3) is 0 Å². The van der Waals surface area contributed by atoms with Crippen LogP contribution in [0, 0.1) is 0 Å². The van der Waals surface area contributed by atoms with Crippen LogP contribution in [-0.4, -0.2) is 23.5 Å². The Hall–Kier alpha value is -1.84. The molecule has 0 radical (unpaired) electrons. The van der Waals surface area contributed by atoms with Crippen LogP contribution in [0.2, 0.25) is 0 Å². The fraction of sp³-hybridized carbons (Fsp3) is 0.385. The second kappa shape index (κ2) is 3.58. The zero-order chi connectivity index (χ0) is 12.0. The summed E-state index contributed by atoms with van der Waals surface area (Å²) in [6.45, 7) is 0.509. The molecule has 17 heavy (non-hydrogen) atoms.